The van der Waals surface area contributed by atoms with E-state index >= 15 is 0 Å². The highest BCUT2D eigenvalue weighted by atomic mass is 16.4. The summed E-state index contributed by atoms with van der Waals surface area (Å²) in [4.78, 5) is 33.4. The molecule has 5 N–H and O–H groups in total. The van der Waals surface area contributed by atoms with Gasteiger partial charge in [-0.15, -0.1) is 0 Å². The first-order chi connectivity index (χ1) is 9.90. The van der Waals surface area contributed by atoms with Gasteiger partial charge in [-0.1, -0.05) is 30.3 Å². The number of hydrogen-bond donors (Lipinski definition) is 4. The van der Waals surface area contributed by atoms with Crippen LogP contribution in [0.4, 0.5) is 0 Å². The molecule has 0 saturated heterocycles. The molecule has 7 heteroatoms. The standard InChI is InChI=1S/C14H18N2O5/c15-10(6-7-12(17)18)13(19)16-11(14(20)21)8-9-4-2-1-3-5-9/h1-5,10-11H,6-8,15H2,(H,16,19)(H,17,18)(H,20,21). The molecular formula is C14H18N2O5. The number of nitrogens with two attached hydrogens (primary N) is 1. The smallest absolute Gasteiger partial charge is 0.326 e. The predicted octanol–water partition coefficient (Wildman–Crippen LogP) is -0.00940. The fourth-order valence-electron chi connectivity index (χ4n) is 1.74. The summed E-state index contributed by atoms with van der Waals surface area (Å²) in [6.07, 6.45) is -0.155. The van der Waals surface area contributed by atoms with Gasteiger partial charge in [-0.3, -0.25) is 9.59 Å². The normalized spacial score (nSPS) is 13.2. The monoisotopic (exact) mass is 294 g/mol. The second kappa shape index (κ2) is 8.01. The Morgan fingerprint density at radius 1 is 1.14 bits per heavy atom. The molecule has 0 fully saturated rings. The van der Waals surface area contributed by atoms with E-state index in [0.29, 0.717) is 0 Å². The lowest BCUT2D eigenvalue weighted by Crippen LogP contribution is -2.49. The first-order valence-electron chi connectivity index (χ1n) is 6.44. The SMILES string of the molecule is NC(CCC(=O)O)C(=O)NC(Cc1ccccc1)C(=O)O. The van der Waals surface area contributed by atoms with E-state index in [9.17, 15) is 14.4 Å². The fraction of sp³-hybridized carbons (Fsp3) is 0.357. The molecule has 0 saturated carbocycles. The van der Waals surface area contributed by atoms with Gasteiger partial charge in [0.1, 0.15) is 6.04 Å². The van der Waals surface area contributed by atoms with Crippen LogP contribution in [-0.2, 0) is 20.8 Å². The van der Waals surface area contributed by atoms with Gasteiger partial charge in [0.25, 0.3) is 0 Å². The summed E-state index contributed by atoms with van der Waals surface area (Å²) in [7, 11) is 0. The molecule has 21 heavy (non-hydrogen) atoms. The number of rotatable bonds is 8. The summed E-state index contributed by atoms with van der Waals surface area (Å²) in [6.45, 7) is 0. The lowest BCUT2D eigenvalue weighted by molar-refractivity contribution is -0.142. The molecule has 0 heterocycles. The van der Waals surface area contributed by atoms with Crippen LogP contribution in [0.5, 0.6) is 0 Å². The maximum atomic E-state index is 11.8. The number of hydrogen-bond acceptors (Lipinski definition) is 4. The third-order valence-electron chi connectivity index (χ3n) is 2.90. The van der Waals surface area contributed by atoms with Crippen molar-refractivity contribution >= 4 is 17.8 Å². The zero-order chi connectivity index (χ0) is 15.8. The van der Waals surface area contributed by atoms with E-state index in [2.05, 4.69) is 5.32 Å². The van der Waals surface area contributed by atoms with Crippen molar-refractivity contribution in [3.63, 3.8) is 0 Å². The Bertz CT molecular complexity index is 503. The van der Waals surface area contributed by atoms with Crippen molar-refractivity contribution in [2.75, 3.05) is 0 Å². The molecule has 114 valence electrons. The molecule has 0 aliphatic heterocycles. The van der Waals surface area contributed by atoms with E-state index in [0.717, 1.165) is 5.56 Å². The van der Waals surface area contributed by atoms with Gasteiger partial charge < -0.3 is 21.3 Å². The van der Waals surface area contributed by atoms with Crippen LogP contribution >= 0.6 is 0 Å². The maximum absolute atomic E-state index is 11.8. The number of benzene rings is 1. The molecule has 1 aromatic carbocycles. The summed E-state index contributed by atoms with van der Waals surface area (Å²) < 4.78 is 0. The Morgan fingerprint density at radius 3 is 2.29 bits per heavy atom. The summed E-state index contributed by atoms with van der Waals surface area (Å²) in [6, 6.07) is 6.72. The van der Waals surface area contributed by atoms with Crippen molar-refractivity contribution in [3.8, 4) is 0 Å². The summed E-state index contributed by atoms with van der Waals surface area (Å²) in [5, 5.41) is 20.0. The average Bonchev–Trinajstić information content (AvgIpc) is 2.44. The van der Waals surface area contributed by atoms with E-state index in [1.165, 1.54) is 0 Å². The molecule has 1 aromatic rings. The predicted molar refractivity (Wildman–Crippen MR) is 74.6 cm³/mol. The quantitative estimate of drug-likeness (QED) is 0.533. The van der Waals surface area contributed by atoms with Gasteiger partial charge in [-0.25, -0.2) is 4.79 Å². The highest BCUT2D eigenvalue weighted by molar-refractivity contribution is 5.87. The minimum absolute atomic E-state index is 0.0428. The zero-order valence-electron chi connectivity index (χ0n) is 11.4. The van der Waals surface area contributed by atoms with Crippen LogP contribution in [0.2, 0.25) is 0 Å². The van der Waals surface area contributed by atoms with Gasteiger partial charge in [0.15, 0.2) is 0 Å². The van der Waals surface area contributed by atoms with E-state index in [1.54, 1.807) is 30.3 Å². The Morgan fingerprint density at radius 2 is 1.76 bits per heavy atom. The highest BCUT2D eigenvalue weighted by Crippen LogP contribution is 2.04. The topological polar surface area (TPSA) is 130 Å². The van der Waals surface area contributed by atoms with Crippen LogP contribution in [0.3, 0.4) is 0 Å². The number of carbonyl (C=O) groups is 3. The number of carboxylic acids is 2. The Balaban J connectivity index is 2.60. The average molecular weight is 294 g/mol. The molecule has 0 spiro atoms. The van der Waals surface area contributed by atoms with Crippen LogP contribution in [0.1, 0.15) is 18.4 Å². The highest BCUT2D eigenvalue weighted by Gasteiger charge is 2.23. The Kier molecular flexibility index (Phi) is 6.35. The lowest BCUT2D eigenvalue weighted by atomic mass is 10.0. The summed E-state index contributed by atoms with van der Waals surface area (Å²) >= 11 is 0. The molecule has 1 amide bonds. The van der Waals surface area contributed by atoms with Gasteiger partial charge >= 0.3 is 11.9 Å². The first-order valence-corrected chi connectivity index (χ1v) is 6.44. The van der Waals surface area contributed by atoms with Crippen LogP contribution in [0.15, 0.2) is 30.3 Å². The van der Waals surface area contributed by atoms with E-state index in [1.807, 2.05) is 0 Å². The van der Waals surface area contributed by atoms with Crippen molar-refractivity contribution in [1.29, 1.82) is 0 Å². The largest absolute Gasteiger partial charge is 0.481 e. The summed E-state index contributed by atoms with van der Waals surface area (Å²) in [5.74, 6) is -2.89. The molecular weight excluding hydrogens is 276 g/mol. The second-order valence-electron chi connectivity index (χ2n) is 4.63. The van der Waals surface area contributed by atoms with E-state index < -0.39 is 29.9 Å². The second-order valence-corrected chi connectivity index (χ2v) is 4.63. The molecule has 0 radical (unpaired) electrons. The molecule has 0 bridgehead atoms. The van der Waals surface area contributed by atoms with Crippen LogP contribution in [0, 0.1) is 0 Å². The third-order valence-corrected chi connectivity index (χ3v) is 2.90. The minimum atomic E-state index is -1.17. The molecule has 0 aliphatic rings. The number of carbonyl (C=O) groups excluding carboxylic acids is 1. The molecule has 2 unspecified atom stereocenters. The van der Waals surface area contributed by atoms with Crippen molar-refractivity contribution < 1.29 is 24.6 Å². The minimum Gasteiger partial charge on any atom is -0.481 e. The lowest BCUT2D eigenvalue weighted by Gasteiger charge is -2.17. The summed E-state index contributed by atoms with van der Waals surface area (Å²) in [5.41, 5.74) is 6.31. The molecule has 1 rings (SSSR count). The van der Waals surface area contributed by atoms with Crippen LogP contribution < -0.4 is 11.1 Å². The van der Waals surface area contributed by atoms with Crippen molar-refractivity contribution in [2.24, 2.45) is 5.73 Å². The van der Waals surface area contributed by atoms with E-state index in [-0.39, 0.29) is 19.3 Å². The van der Waals surface area contributed by atoms with Gasteiger partial charge in [-0.2, -0.15) is 0 Å². The first kappa shape index (κ1) is 16.6. The molecule has 7 nitrogen and oxygen atoms in total. The number of aliphatic carboxylic acids is 2. The number of carboxylic acid groups (broad SMARTS) is 2. The number of amides is 1. The Labute approximate surface area is 121 Å². The fourth-order valence-corrected chi connectivity index (χ4v) is 1.74. The van der Waals surface area contributed by atoms with Gasteiger partial charge in [-0.05, 0) is 12.0 Å². The van der Waals surface area contributed by atoms with Gasteiger partial charge in [0, 0.05) is 12.8 Å². The number of nitrogens with one attached hydrogen (secondary N) is 1. The van der Waals surface area contributed by atoms with Crippen molar-refractivity contribution in [1.82, 2.24) is 5.32 Å². The van der Waals surface area contributed by atoms with Gasteiger partial charge in [0.05, 0.1) is 6.04 Å². The van der Waals surface area contributed by atoms with Gasteiger partial charge in [0.2, 0.25) is 5.91 Å². The van der Waals surface area contributed by atoms with Crippen molar-refractivity contribution in [3.05, 3.63) is 35.9 Å². The molecule has 0 aliphatic carbocycles. The Hall–Kier alpha value is -2.41. The van der Waals surface area contributed by atoms with Crippen LogP contribution in [-0.4, -0.2) is 40.1 Å². The molecule has 0 aromatic heterocycles. The maximum Gasteiger partial charge on any atom is 0.326 e. The third kappa shape index (κ3) is 6.05. The zero-order valence-corrected chi connectivity index (χ0v) is 11.4. The van der Waals surface area contributed by atoms with E-state index in [4.69, 9.17) is 15.9 Å². The molecule has 2 atom stereocenters. The van der Waals surface area contributed by atoms with Crippen LogP contribution in [0.25, 0.3) is 0 Å². The van der Waals surface area contributed by atoms with Crippen molar-refractivity contribution in [2.45, 2.75) is 31.3 Å².